The first-order valence-electron chi connectivity index (χ1n) is 12.1. The van der Waals surface area contributed by atoms with Crippen LogP contribution in [0.1, 0.15) is 25.0 Å². The van der Waals surface area contributed by atoms with Crippen LogP contribution in [0.25, 0.3) is 0 Å². The van der Waals surface area contributed by atoms with Crippen LogP contribution in [0, 0.1) is 5.92 Å². The van der Waals surface area contributed by atoms with Gasteiger partial charge in [-0.15, -0.1) is 0 Å². The van der Waals surface area contributed by atoms with Crippen molar-refractivity contribution in [3.63, 3.8) is 0 Å². The molecule has 3 rings (SSSR count). The van der Waals surface area contributed by atoms with Gasteiger partial charge >= 0.3 is 0 Å². The number of carbonyl (C=O) groups excluding carboxylic acids is 2. The highest BCUT2D eigenvalue weighted by molar-refractivity contribution is 6.36. The number of methoxy groups -OCH3 is 1. The van der Waals surface area contributed by atoms with Gasteiger partial charge in [-0.3, -0.25) is 9.59 Å². The Morgan fingerprint density at radius 3 is 2.11 bits per heavy atom. The Kier molecular flexibility index (Phi) is 10.7. The van der Waals surface area contributed by atoms with Crippen LogP contribution in [0.4, 0.5) is 0 Å². The van der Waals surface area contributed by atoms with E-state index in [-0.39, 0.29) is 30.9 Å². The van der Waals surface area contributed by atoms with Gasteiger partial charge in [-0.25, -0.2) is 0 Å². The Labute approximate surface area is 228 Å². The second-order valence-electron chi connectivity index (χ2n) is 9.03. The number of hydrogen-bond acceptors (Lipinski definition) is 4. The number of halogens is 2. The molecule has 0 spiro atoms. The zero-order valence-corrected chi connectivity index (χ0v) is 22.8. The quantitative estimate of drug-likeness (QED) is 0.314. The Balaban J connectivity index is 1.93. The summed E-state index contributed by atoms with van der Waals surface area (Å²) in [6, 6.07) is 20.9. The van der Waals surface area contributed by atoms with Gasteiger partial charge in [0.05, 0.1) is 7.11 Å². The molecule has 0 saturated heterocycles. The van der Waals surface area contributed by atoms with Gasteiger partial charge in [0.2, 0.25) is 5.91 Å². The summed E-state index contributed by atoms with van der Waals surface area (Å²) in [6.45, 7) is 4.30. The van der Waals surface area contributed by atoms with Gasteiger partial charge in [0.25, 0.3) is 5.91 Å². The maximum atomic E-state index is 13.7. The number of carbonyl (C=O) groups is 2. The van der Waals surface area contributed by atoms with Crippen LogP contribution in [-0.2, 0) is 22.6 Å². The molecule has 1 N–H and O–H groups in total. The van der Waals surface area contributed by atoms with Crippen molar-refractivity contribution in [3.05, 3.63) is 94.0 Å². The van der Waals surface area contributed by atoms with Crippen LogP contribution in [-0.4, -0.2) is 43.0 Å². The van der Waals surface area contributed by atoms with Crippen LogP contribution in [0.2, 0.25) is 10.0 Å². The van der Waals surface area contributed by atoms with Crippen molar-refractivity contribution in [2.45, 2.75) is 32.9 Å². The molecule has 37 heavy (non-hydrogen) atoms. The van der Waals surface area contributed by atoms with Gasteiger partial charge in [0.15, 0.2) is 6.61 Å². The van der Waals surface area contributed by atoms with E-state index in [0.717, 1.165) is 5.56 Å². The second-order valence-corrected chi connectivity index (χ2v) is 9.84. The SMILES string of the molecule is COc1ccc(OCC(=O)N(Cc2c(Cl)cccc2Cl)[C@H](Cc2ccccc2)C(=O)NCC(C)C)cc1. The lowest BCUT2D eigenvalue weighted by atomic mass is 10.0. The van der Waals surface area contributed by atoms with Crippen LogP contribution in [0.5, 0.6) is 11.5 Å². The van der Waals surface area contributed by atoms with E-state index in [4.69, 9.17) is 32.7 Å². The third-order valence-electron chi connectivity index (χ3n) is 5.77. The molecule has 2 amide bonds. The molecule has 3 aromatic carbocycles. The molecule has 0 aliphatic heterocycles. The smallest absolute Gasteiger partial charge is 0.261 e. The van der Waals surface area contributed by atoms with Crippen LogP contribution >= 0.6 is 23.2 Å². The van der Waals surface area contributed by atoms with E-state index in [1.807, 2.05) is 44.2 Å². The topological polar surface area (TPSA) is 67.9 Å². The molecule has 0 aliphatic carbocycles. The average molecular weight is 543 g/mol. The molecular weight excluding hydrogens is 511 g/mol. The summed E-state index contributed by atoms with van der Waals surface area (Å²) in [5, 5.41) is 3.82. The number of benzene rings is 3. The van der Waals surface area contributed by atoms with E-state index >= 15 is 0 Å². The Bertz CT molecular complexity index is 1150. The van der Waals surface area contributed by atoms with Gasteiger partial charge in [0.1, 0.15) is 17.5 Å². The summed E-state index contributed by atoms with van der Waals surface area (Å²) >= 11 is 12.9. The van der Waals surface area contributed by atoms with E-state index in [0.29, 0.717) is 40.1 Å². The van der Waals surface area contributed by atoms with Crippen molar-refractivity contribution in [2.24, 2.45) is 5.92 Å². The Morgan fingerprint density at radius 1 is 0.892 bits per heavy atom. The summed E-state index contributed by atoms with van der Waals surface area (Å²) < 4.78 is 11.0. The third-order valence-corrected chi connectivity index (χ3v) is 6.48. The van der Waals surface area contributed by atoms with E-state index in [1.54, 1.807) is 49.6 Å². The molecule has 6 nitrogen and oxygen atoms in total. The van der Waals surface area contributed by atoms with Gasteiger partial charge in [-0.05, 0) is 47.9 Å². The zero-order chi connectivity index (χ0) is 26.8. The van der Waals surface area contributed by atoms with E-state index in [9.17, 15) is 9.59 Å². The lowest BCUT2D eigenvalue weighted by Crippen LogP contribution is -2.52. The normalized spacial score (nSPS) is 11.6. The summed E-state index contributed by atoms with van der Waals surface area (Å²) in [5.41, 5.74) is 1.49. The zero-order valence-electron chi connectivity index (χ0n) is 21.2. The highest BCUT2D eigenvalue weighted by Gasteiger charge is 2.31. The first-order valence-corrected chi connectivity index (χ1v) is 12.8. The minimum absolute atomic E-state index is 0.0515. The Morgan fingerprint density at radius 2 is 1.51 bits per heavy atom. The lowest BCUT2D eigenvalue weighted by molar-refractivity contribution is -0.142. The van der Waals surface area contributed by atoms with Crippen molar-refractivity contribution in [2.75, 3.05) is 20.3 Å². The summed E-state index contributed by atoms with van der Waals surface area (Å²) in [6.07, 6.45) is 0.321. The molecular formula is C29H32Cl2N2O4. The van der Waals surface area contributed by atoms with Gasteiger partial charge in [0, 0.05) is 35.1 Å². The fraction of sp³-hybridized carbons (Fsp3) is 0.310. The minimum Gasteiger partial charge on any atom is -0.497 e. The molecule has 0 aromatic heterocycles. The molecule has 0 bridgehead atoms. The molecule has 1 atom stereocenters. The highest BCUT2D eigenvalue weighted by atomic mass is 35.5. The van der Waals surface area contributed by atoms with Crippen molar-refractivity contribution < 1.29 is 19.1 Å². The summed E-state index contributed by atoms with van der Waals surface area (Å²) in [7, 11) is 1.58. The van der Waals surface area contributed by atoms with E-state index in [1.165, 1.54) is 4.90 Å². The number of rotatable bonds is 12. The van der Waals surface area contributed by atoms with Gasteiger partial charge in [-0.2, -0.15) is 0 Å². The molecule has 0 aliphatic rings. The second kappa shape index (κ2) is 13.9. The first kappa shape index (κ1) is 28.4. The molecule has 0 fully saturated rings. The molecule has 3 aromatic rings. The monoisotopic (exact) mass is 542 g/mol. The van der Waals surface area contributed by atoms with E-state index in [2.05, 4.69) is 5.32 Å². The van der Waals surface area contributed by atoms with Gasteiger partial charge < -0.3 is 19.7 Å². The third kappa shape index (κ3) is 8.41. The standard InChI is InChI=1S/C29H32Cl2N2O4/c1-20(2)17-32-29(35)27(16-21-8-5-4-6-9-21)33(18-24-25(30)10-7-11-26(24)31)28(34)19-37-23-14-12-22(36-3)13-15-23/h4-15,20,27H,16-19H2,1-3H3,(H,32,35)/t27-/m1/s1. The Hall–Kier alpha value is -3.22. The number of nitrogens with one attached hydrogen (secondary N) is 1. The molecule has 0 unspecified atom stereocenters. The highest BCUT2D eigenvalue weighted by Crippen LogP contribution is 2.27. The number of hydrogen-bond donors (Lipinski definition) is 1. The predicted octanol–water partition coefficient (Wildman–Crippen LogP) is 5.79. The van der Waals surface area contributed by atoms with Crippen LogP contribution < -0.4 is 14.8 Å². The van der Waals surface area contributed by atoms with Crippen molar-refractivity contribution in [1.29, 1.82) is 0 Å². The predicted molar refractivity (Wildman–Crippen MR) is 147 cm³/mol. The van der Waals surface area contributed by atoms with Gasteiger partial charge in [-0.1, -0.05) is 73.4 Å². The maximum absolute atomic E-state index is 13.7. The fourth-order valence-corrected chi connectivity index (χ4v) is 4.25. The average Bonchev–Trinajstić information content (AvgIpc) is 2.90. The molecule has 0 radical (unpaired) electrons. The summed E-state index contributed by atoms with van der Waals surface area (Å²) in [4.78, 5) is 28.6. The number of nitrogens with zero attached hydrogens (tertiary/aromatic N) is 1. The number of ether oxygens (including phenoxy) is 2. The minimum atomic E-state index is -0.805. The van der Waals surface area contributed by atoms with Crippen molar-refractivity contribution in [1.82, 2.24) is 10.2 Å². The fourth-order valence-electron chi connectivity index (χ4n) is 3.73. The molecule has 0 saturated carbocycles. The maximum Gasteiger partial charge on any atom is 0.261 e. The molecule has 0 heterocycles. The number of amides is 2. The summed E-state index contributed by atoms with van der Waals surface area (Å²) in [5.74, 6) is 0.819. The lowest BCUT2D eigenvalue weighted by Gasteiger charge is -2.32. The first-order chi connectivity index (χ1) is 17.8. The van der Waals surface area contributed by atoms with E-state index < -0.39 is 6.04 Å². The van der Waals surface area contributed by atoms with Crippen molar-refractivity contribution in [3.8, 4) is 11.5 Å². The van der Waals surface area contributed by atoms with Crippen molar-refractivity contribution >= 4 is 35.0 Å². The molecule has 8 heteroatoms. The van der Waals surface area contributed by atoms with Crippen LogP contribution in [0.3, 0.4) is 0 Å². The van der Waals surface area contributed by atoms with Crippen LogP contribution in [0.15, 0.2) is 72.8 Å². The molecule has 196 valence electrons. The largest absolute Gasteiger partial charge is 0.497 e.